The lowest BCUT2D eigenvalue weighted by atomic mass is 10.0. The largest absolute Gasteiger partial charge is 0.381 e. The van der Waals surface area contributed by atoms with Crippen LogP contribution in [0.3, 0.4) is 0 Å². The Bertz CT molecular complexity index is 323. The average molecular weight is 271 g/mol. The van der Waals surface area contributed by atoms with Crippen LogP contribution in [0.1, 0.15) is 19.4 Å². The average Bonchev–Trinajstić information content (AvgIpc) is 2.18. The van der Waals surface area contributed by atoms with Crippen LogP contribution in [-0.2, 0) is 0 Å². The summed E-state index contributed by atoms with van der Waals surface area (Å²) >= 11 is 3.47. The second-order valence-corrected chi connectivity index (χ2v) is 5.11. The molecule has 0 spiro atoms. The molecule has 3 heteroatoms. The predicted octanol–water partition coefficient (Wildman–Crippen LogP) is 3.15. The molecule has 0 aromatic heterocycles. The van der Waals surface area contributed by atoms with E-state index in [1.807, 2.05) is 6.07 Å². The molecule has 15 heavy (non-hydrogen) atoms. The Hall–Kier alpha value is -0.540. The van der Waals surface area contributed by atoms with Gasteiger partial charge in [-0.05, 0) is 30.5 Å². The van der Waals surface area contributed by atoms with Gasteiger partial charge < -0.3 is 11.1 Å². The van der Waals surface area contributed by atoms with Crippen molar-refractivity contribution in [3.05, 3.63) is 28.2 Å². The van der Waals surface area contributed by atoms with Gasteiger partial charge in [0.1, 0.15) is 0 Å². The van der Waals surface area contributed by atoms with Gasteiger partial charge in [-0.2, -0.15) is 0 Å². The van der Waals surface area contributed by atoms with Gasteiger partial charge in [0.2, 0.25) is 0 Å². The topological polar surface area (TPSA) is 38.0 Å². The number of halogens is 1. The molecule has 0 radical (unpaired) electrons. The van der Waals surface area contributed by atoms with Crippen LogP contribution in [0.25, 0.3) is 0 Å². The van der Waals surface area contributed by atoms with Crippen LogP contribution in [-0.4, -0.2) is 12.6 Å². The van der Waals surface area contributed by atoms with Gasteiger partial charge in [0, 0.05) is 22.7 Å². The third kappa shape index (κ3) is 3.50. The minimum absolute atomic E-state index is 0.331. The molecule has 0 saturated carbocycles. The Morgan fingerprint density at radius 2 is 2.07 bits per heavy atom. The lowest BCUT2D eigenvalue weighted by Gasteiger charge is -2.23. The minimum Gasteiger partial charge on any atom is -0.381 e. The molecule has 2 nitrogen and oxygen atoms in total. The van der Waals surface area contributed by atoms with Crippen LogP contribution in [0.15, 0.2) is 22.7 Å². The smallest absolute Gasteiger partial charge is 0.0406 e. The second kappa shape index (κ2) is 5.52. The van der Waals surface area contributed by atoms with Crippen LogP contribution in [0.2, 0.25) is 0 Å². The molecular weight excluding hydrogens is 252 g/mol. The highest BCUT2D eigenvalue weighted by Gasteiger charge is 2.11. The zero-order valence-corrected chi connectivity index (χ0v) is 11.1. The number of hydrogen-bond acceptors (Lipinski definition) is 2. The van der Waals surface area contributed by atoms with E-state index in [2.05, 4.69) is 54.2 Å². The summed E-state index contributed by atoms with van der Waals surface area (Å²) in [7, 11) is 0. The van der Waals surface area contributed by atoms with Crippen LogP contribution < -0.4 is 11.1 Å². The van der Waals surface area contributed by atoms with Crippen molar-refractivity contribution >= 4 is 21.6 Å². The zero-order chi connectivity index (χ0) is 11.4. The molecule has 3 N–H and O–H groups in total. The molecule has 1 atom stereocenters. The number of nitrogens with one attached hydrogen (secondary N) is 1. The molecule has 0 aliphatic heterocycles. The monoisotopic (exact) mass is 270 g/mol. The third-order valence-corrected chi connectivity index (χ3v) is 3.09. The first-order valence-electron chi connectivity index (χ1n) is 5.27. The summed E-state index contributed by atoms with van der Waals surface area (Å²) in [5, 5.41) is 3.48. The van der Waals surface area contributed by atoms with Gasteiger partial charge in [-0.1, -0.05) is 35.8 Å². The van der Waals surface area contributed by atoms with Gasteiger partial charge >= 0.3 is 0 Å². The number of rotatable bonds is 4. The molecular formula is C12H19BrN2. The van der Waals surface area contributed by atoms with Crippen molar-refractivity contribution in [2.75, 3.05) is 11.9 Å². The van der Waals surface area contributed by atoms with E-state index < -0.39 is 0 Å². The van der Waals surface area contributed by atoms with Crippen molar-refractivity contribution in [3.63, 3.8) is 0 Å². The number of aryl methyl sites for hydroxylation is 1. The molecule has 0 heterocycles. The fourth-order valence-corrected chi connectivity index (χ4v) is 1.81. The zero-order valence-electron chi connectivity index (χ0n) is 9.55. The van der Waals surface area contributed by atoms with Crippen molar-refractivity contribution in [3.8, 4) is 0 Å². The molecule has 0 amide bonds. The van der Waals surface area contributed by atoms with Crippen molar-refractivity contribution in [2.24, 2.45) is 11.7 Å². The van der Waals surface area contributed by atoms with Crippen molar-refractivity contribution in [1.29, 1.82) is 0 Å². The molecule has 1 aromatic rings. The van der Waals surface area contributed by atoms with Gasteiger partial charge in [0.05, 0.1) is 0 Å². The molecule has 0 bridgehead atoms. The van der Waals surface area contributed by atoms with E-state index in [0.717, 1.165) is 10.2 Å². The molecule has 0 aliphatic carbocycles. The Morgan fingerprint density at radius 1 is 1.40 bits per heavy atom. The Labute approximate surface area is 100 Å². The van der Waals surface area contributed by atoms with Crippen molar-refractivity contribution < 1.29 is 0 Å². The number of anilines is 1. The molecule has 0 aliphatic rings. The normalized spacial score (nSPS) is 12.9. The van der Waals surface area contributed by atoms with Crippen LogP contribution in [0.5, 0.6) is 0 Å². The SMILES string of the molecule is Cc1ccc(Br)cc1NC(CN)C(C)C. The Kier molecular flexibility index (Phi) is 4.61. The van der Waals surface area contributed by atoms with E-state index in [-0.39, 0.29) is 0 Å². The van der Waals surface area contributed by atoms with Gasteiger partial charge in [-0.3, -0.25) is 0 Å². The maximum Gasteiger partial charge on any atom is 0.0406 e. The van der Waals surface area contributed by atoms with E-state index >= 15 is 0 Å². The molecule has 1 unspecified atom stereocenters. The van der Waals surface area contributed by atoms with Crippen LogP contribution in [0.4, 0.5) is 5.69 Å². The van der Waals surface area contributed by atoms with E-state index in [9.17, 15) is 0 Å². The highest BCUT2D eigenvalue weighted by Crippen LogP contribution is 2.22. The third-order valence-electron chi connectivity index (χ3n) is 2.60. The van der Waals surface area contributed by atoms with E-state index in [0.29, 0.717) is 18.5 Å². The van der Waals surface area contributed by atoms with E-state index in [4.69, 9.17) is 5.73 Å². The highest BCUT2D eigenvalue weighted by atomic mass is 79.9. The van der Waals surface area contributed by atoms with E-state index in [1.165, 1.54) is 5.56 Å². The molecule has 0 saturated heterocycles. The number of hydrogen-bond donors (Lipinski definition) is 2. The van der Waals surface area contributed by atoms with Crippen molar-refractivity contribution in [1.82, 2.24) is 0 Å². The summed E-state index contributed by atoms with van der Waals surface area (Å²) < 4.78 is 1.09. The Morgan fingerprint density at radius 3 is 2.60 bits per heavy atom. The van der Waals surface area contributed by atoms with Gasteiger partial charge in [0.25, 0.3) is 0 Å². The first-order chi connectivity index (χ1) is 7.04. The standard InChI is InChI=1S/C12H19BrN2/c1-8(2)12(7-14)15-11-6-10(13)5-4-9(11)3/h4-6,8,12,15H,7,14H2,1-3H3. The summed E-state index contributed by atoms with van der Waals surface area (Å²) in [5.74, 6) is 0.536. The molecule has 0 fully saturated rings. The summed E-state index contributed by atoms with van der Waals surface area (Å²) in [4.78, 5) is 0. The highest BCUT2D eigenvalue weighted by molar-refractivity contribution is 9.10. The maximum absolute atomic E-state index is 5.74. The molecule has 1 aromatic carbocycles. The first kappa shape index (κ1) is 12.5. The van der Waals surface area contributed by atoms with Crippen LogP contribution >= 0.6 is 15.9 Å². The molecule has 1 rings (SSSR count). The van der Waals surface area contributed by atoms with Crippen LogP contribution in [0, 0.1) is 12.8 Å². The van der Waals surface area contributed by atoms with Gasteiger partial charge in [0.15, 0.2) is 0 Å². The summed E-state index contributed by atoms with van der Waals surface area (Å²) in [5.41, 5.74) is 8.14. The lowest BCUT2D eigenvalue weighted by Crippen LogP contribution is -2.33. The summed E-state index contributed by atoms with van der Waals surface area (Å²) in [6.07, 6.45) is 0. The number of benzene rings is 1. The van der Waals surface area contributed by atoms with Gasteiger partial charge in [-0.15, -0.1) is 0 Å². The van der Waals surface area contributed by atoms with E-state index in [1.54, 1.807) is 0 Å². The predicted molar refractivity (Wildman–Crippen MR) is 70.2 cm³/mol. The summed E-state index contributed by atoms with van der Waals surface area (Å²) in [6.45, 7) is 7.11. The number of nitrogens with two attached hydrogens (primary N) is 1. The Balaban J connectivity index is 2.82. The fraction of sp³-hybridized carbons (Fsp3) is 0.500. The first-order valence-corrected chi connectivity index (χ1v) is 6.06. The van der Waals surface area contributed by atoms with Crippen molar-refractivity contribution in [2.45, 2.75) is 26.8 Å². The fourth-order valence-electron chi connectivity index (χ4n) is 1.45. The quantitative estimate of drug-likeness (QED) is 0.882. The minimum atomic E-state index is 0.331. The second-order valence-electron chi connectivity index (χ2n) is 4.19. The van der Waals surface area contributed by atoms with Gasteiger partial charge in [-0.25, -0.2) is 0 Å². The maximum atomic E-state index is 5.74. The lowest BCUT2D eigenvalue weighted by molar-refractivity contribution is 0.531. The summed E-state index contributed by atoms with van der Waals surface area (Å²) in [6, 6.07) is 6.58. The molecule has 84 valence electrons.